The van der Waals surface area contributed by atoms with Crippen molar-refractivity contribution in [3.05, 3.63) is 65.2 Å². The molecule has 3 N–H and O–H groups in total. The number of nitrogens with zero attached hydrogens (tertiary/aromatic N) is 1. The van der Waals surface area contributed by atoms with Crippen molar-refractivity contribution in [2.24, 2.45) is 5.73 Å². The van der Waals surface area contributed by atoms with Crippen LogP contribution in [0.1, 0.15) is 35.2 Å². The van der Waals surface area contributed by atoms with Gasteiger partial charge < -0.3 is 16.0 Å². The van der Waals surface area contributed by atoms with Gasteiger partial charge in [-0.25, -0.2) is 8.78 Å². The van der Waals surface area contributed by atoms with Crippen molar-refractivity contribution >= 4 is 29.3 Å². The molecule has 1 aliphatic rings. The zero-order chi connectivity index (χ0) is 20.1. The number of amides is 2. The van der Waals surface area contributed by atoms with Gasteiger partial charge in [-0.15, -0.1) is 0 Å². The third-order valence-corrected chi connectivity index (χ3v) is 4.64. The summed E-state index contributed by atoms with van der Waals surface area (Å²) in [6, 6.07) is 8.37. The van der Waals surface area contributed by atoms with Crippen LogP contribution in [-0.4, -0.2) is 24.9 Å². The molecule has 3 rings (SSSR count). The molecule has 1 aliphatic heterocycles. The average Bonchev–Trinajstić information content (AvgIpc) is 2.68. The molecule has 0 radical (unpaired) electrons. The Hall–Kier alpha value is -3.22. The maximum atomic E-state index is 13.7. The Labute approximate surface area is 161 Å². The minimum absolute atomic E-state index is 0.264. The number of carbonyl (C=O) groups excluding carboxylic acids is 2. The summed E-state index contributed by atoms with van der Waals surface area (Å²) < 4.78 is 27.4. The molecule has 0 spiro atoms. The van der Waals surface area contributed by atoms with Crippen LogP contribution in [0.2, 0.25) is 0 Å². The molecule has 7 heteroatoms. The Morgan fingerprint density at radius 3 is 2.36 bits per heavy atom. The molecule has 0 unspecified atom stereocenters. The van der Waals surface area contributed by atoms with Gasteiger partial charge in [0.1, 0.15) is 11.6 Å². The van der Waals surface area contributed by atoms with Gasteiger partial charge in [0.2, 0.25) is 11.8 Å². The number of hydrogen-bond acceptors (Lipinski definition) is 3. The second-order valence-electron chi connectivity index (χ2n) is 6.60. The molecular weight excluding hydrogens is 364 g/mol. The minimum atomic E-state index is -0.756. The first kappa shape index (κ1) is 19.5. The molecule has 146 valence electrons. The van der Waals surface area contributed by atoms with Gasteiger partial charge in [0.25, 0.3) is 0 Å². The highest BCUT2D eigenvalue weighted by Crippen LogP contribution is 2.30. The summed E-state index contributed by atoms with van der Waals surface area (Å²) in [5.74, 6) is -2.69. The molecule has 5 nitrogen and oxygen atoms in total. The number of carbonyl (C=O) groups is 2. The highest BCUT2D eigenvalue weighted by molar-refractivity contribution is 6.05. The quantitative estimate of drug-likeness (QED) is 0.771. The van der Waals surface area contributed by atoms with E-state index in [9.17, 15) is 18.4 Å². The lowest BCUT2D eigenvalue weighted by molar-refractivity contribution is -0.111. The Bertz CT molecular complexity index is 902. The van der Waals surface area contributed by atoms with Crippen LogP contribution in [0.5, 0.6) is 0 Å². The third-order valence-electron chi connectivity index (χ3n) is 4.64. The molecule has 0 bridgehead atoms. The van der Waals surface area contributed by atoms with E-state index in [1.165, 1.54) is 12.1 Å². The lowest BCUT2D eigenvalue weighted by Crippen LogP contribution is -2.30. The highest BCUT2D eigenvalue weighted by atomic mass is 19.1. The van der Waals surface area contributed by atoms with E-state index < -0.39 is 23.4 Å². The molecule has 28 heavy (non-hydrogen) atoms. The van der Waals surface area contributed by atoms with Crippen LogP contribution in [0.3, 0.4) is 0 Å². The summed E-state index contributed by atoms with van der Waals surface area (Å²) in [5.41, 5.74) is 6.53. The third kappa shape index (κ3) is 4.54. The summed E-state index contributed by atoms with van der Waals surface area (Å²) >= 11 is 0. The number of anilines is 2. The van der Waals surface area contributed by atoms with Crippen LogP contribution in [0.25, 0.3) is 6.08 Å². The molecule has 0 aromatic heterocycles. The van der Waals surface area contributed by atoms with Crippen molar-refractivity contribution in [3.8, 4) is 0 Å². The SMILES string of the molecule is NC(=O)c1ccc(N2CCCCC2)c(NC(=O)/C=C/c2c(F)cccc2F)c1. The predicted molar refractivity (Wildman–Crippen MR) is 105 cm³/mol. The first-order valence-corrected chi connectivity index (χ1v) is 9.07. The number of rotatable bonds is 5. The van der Waals surface area contributed by atoms with Crippen LogP contribution >= 0.6 is 0 Å². The van der Waals surface area contributed by atoms with Gasteiger partial charge >= 0.3 is 0 Å². The normalized spacial score (nSPS) is 14.3. The van der Waals surface area contributed by atoms with Gasteiger partial charge in [-0.1, -0.05) is 6.07 Å². The number of primary amides is 1. The monoisotopic (exact) mass is 385 g/mol. The van der Waals surface area contributed by atoms with Gasteiger partial charge in [0, 0.05) is 30.3 Å². The average molecular weight is 385 g/mol. The smallest absolute Gasteiger partial charge is 0.248 e. The second-order valence-corrected chi connectivity index (χ2v) is 6.60. The number of halogens is 2. The van der Waals surface area contributed by atoms with E-state index in [1.807, 2.05) is 0 Å². The van der Waals surface area contributed by atoms with Crippen LogP contribution in [-0.2, 0) is 4.79 Å². The second kappa shape index (κ2) is 8.65. The zero-order valence-corrected chi connectivity index (χ0v) is 15.3. The van der Waals surface area contributed by atoms with Gasteiger partial charge in [-0.2, -0.15) is 0 Å². The molecule has 1 fully saturated rings. The number of hydrogen-bond donors (Lipinski definition) is 2. The lowest BCUT2D eigenvalue weighted by Gasteiger charge is -2.30. The van der Waals surface area contributed by atoms with E-state index in [2.05, 4.69) is 10.2 Å². The molecule has 0 atom stereocenters. The van der Waals surface area contributed by atoms with Crippen molar-refractivity contribution in [1.29, 1.82) is 0 Å². The molecule has 2 amide bonds. The molecular formula is C21H21F2N3O2. The summed E-state index contributed by atoms with van der Waals surface area (Å²) in [6.07, 6.45) is 5.36. The summed E-state index contributed by atoms with van der Waals surface area (Å²) in [7, 11) is 0. The Balaban J connectivity index is 1.84. The lowest BCUT2D eigenvalue weighted by atomic mass is 10.1. The highest BCUT2D eigenvalue weighted by Gasteiger charge is 2.17. The first-order chi connectivity index (χ1) is 13.5. The maximum absolute atomic E-state index is 13.7. The van der Waals surface area contributed by atoms with Crippen molar-refractivity contribution in [2.75, 3.05) is 23.3 Å². The largest absolute Gasteiger partial charge is 0.370 e. The van der Waals surface area contributed by atoms with Gasteiger partial charge in [-0.05, 0) is 55.7 Å². The van der Waals surface area contributed by atoms with Crippen LogP contribution in [0.15, 0.2) is 42.5 Å². The molecule has 2 aromatic rings. The van der Waals surface area contributed by atoms with Crippen molar-refractivity contribution < 1.29 is 18.4 Å². The topological polar surface area (TPSA) is 75.4 Å². The van der Waals surface area contributed by atoms with Gasteiger partial charge in [-0.3, -0.25) is 9.59 Å². The van der Waals surface area contributed by atoms with Crippen molar-refractivity contribution in [3.63, 3.8) is 0 Å². The molecule has 0 aliphatic carbocycles. The Morgan fingerprint density at radius 2 is 1.71 bits per heavy atom. The molecule has 1 heterocycles. The molecule has 2 aromatic carbocycles. The number of nitrogens with one attached hydrogen (secondary N) is 1. The van der Waals surface area contributed by atoms with E-state index in [1.54, 1.807) is 12.1 Å². The van der Waals surface area contributed by atoms with E-state index in [0.29, 0.717) is 5.69 Å². The zero-order valence-electron chi connectivity index (χ0n) is 15.3. The fourth-order valence-corrected chi connectivity index (χ4v) is 3.20. The number of piperidine rings is 1. The van der Waals surface area contributed by atoms with Crippen LogP contribution < -0.4 is 16.0 Å². The van der Waals surface area contributed by atoms with Crippen LogP contribution in [0, 0.1) is 11.6 Å². The summed E-state index contributed by atoms with van der Waals surface area (Å²) in [4.78, 5) is 26.0. The maximum Gasteiger partial charge on any atom is 0.248 e. The van der Waals surface area contributed by atoms with Gasteiger partial charge in [0.05, 0.1) is 11.4 Å². The fraction of sp³-hybridized carbons (Fsp3) is 0.238. The molecule has 0 saturated carbocycles. The molecule has 1 saturated heterocycles. The summed E-state index contributed by atoms with van der Waals surface area (Å²) in [5, 5.41) is 2.69. The summed E-state index contributed by atoms with van der Waals surface area (Å²) in [6.45, 7) is 1.68. The van der Waals surface area contributed by atoms with Crippen molar-refractivity contribution in [1.82, 2.24) is 0 Å². The number of nitrogens with two attached hydrogens (primary N) is 1. The van der Waals surface area contributed by atoms with E-state index in [-0.39, 0.29) is 11.1 Å². The Morgan fingerprint density at radius 1 is 1.04 bits per heavy atom. The predicted octanol–water partition coefficient (Wildman–Crippen LogP) is 3.71. The van der Waals surface area contributed by atoms with Crippen LogP contribution in [0.4, 0.5) is 20.2 Å². The number of benzene rings is 2. The van der Waals surface area contributed by atoms with Gasteiger partial charge in [0.15, 0.2) is 0 Å². The van der Waals surface area contributed by atoms with Crippen molar-refractivity contribution in [2.45, 2.75) is 19.3 Å². The standard InChI is InChI=1S/C21H21F2N3O2/c22-16-5-4-6-17(23)15(16)8-10-20(27)25-18-13-14(21(24)28)7-9-19(18)26-11-2-1-3-12-26/h4-10,13H,1-3,11-12H2,(H2,24,28)(H,25,27)/b10-8+. The van der Waals surface area contributed by atoms with E-state index in [4.69, 9.17) is 5.73 Å². The minimum Gasteiger partial charge on any atom is -0.370 e. The van der Waals surface area contributed by atoms with E-state index >= 15 is 0 Å². The first-order valence-electron chi connectivity index (χ1n) is 9.07. The Kier molecular flexibility index (Phi) is 6.03. The van der Waals surface area contributed by atoms with E-state index in [0.717, 1.165) is 62.3 Å². The fourth-order valence-electron chi connectivity index (χ4n) is 3.20.